The molecule has 0 aliphatic heterocycles. The van der Waals surface area contributed by atoms with Crippen molar-refractivity contribution in [2.75, 3.05) is 7.11 Å². The number of nitrogens with zero attached hydrogens (tertiary/aromatic N) is 3. The van der Waals surface area contributed by atoms with Crippen molar-refractivity contribution in [2.24, 2.45) is 0 Å². The molecule has 6 heteroatoms. The van der Waals surface area contributed by atoms with Crippen LogP contribution < -0.4 is 4.74 Å². The number of carbonyl (C=O) groups excluding carboxylic acids is 1. The Bertz CT molecular complexity index is 1140. The van der Waals surface area contributed by atoms with Crippen LogP contribution in [0.4, 0.5) is 0 Å². The first-order valence-electron chi connectivity index (χ1n) is 10.7. The molecular weight excluding hydrogens is 402 g/mol. The fourth-order valence-corrected chi connectivity index (χ4v) is 3.78. The van der Waals surface area contributed by atoms with Crippen molar-refractivity contribution in [3.05, 3.63) is 108 Å². The van der Waals surface area contributed by atoms with Crippen LogP contribution in [0.2, 0.25) is 0 Å². The maximum atomic E-state index is 13.5. The lowest BCUT2D eigenvalue weighted by molar-refractivity contribution is 0.0639. The van der Waals surface area contributed by atoms with Gasteiger partial charge in [-0.05, 0) is 48.7 Å². The van der Waals surface area contributed by atoms with E-state index in [9.17, 15) is 4.79 Å². The smallest absolute Gasteiger partial charge is 0.290 e. The highest BCUT2D eigenvalue weighted by Gasteiger charge is 2.25. The van der Waals surface area contributed by atoms with E-state index in [0.29, 0.717) is 31.0 Å². The van der Waals surface area contributed by atoms with Crippen molar-refractivity contribution in [3.63, 3.8) is 0 Å². The van der Waals surface area contributed by atoms with Crippen LogP contribution in [-0.4, -0.2) is 33.7 Å². The Morgan fingerprint density at radius 2 is 1.84 bits per heavy atom. The predicted molar refractivity (Wildman–Crippen MR) is 123 cm³/mol. The van der Waals surface area contributed by atoms with E-state index in [4.69, 9.17) is 9.15 Å². The standard InChI is InChI=1S/C26H27N3O3/c1-20(17-22-11-6-7-12-24(22)31-2)29(18-21-9-4-3-5-10-21)26(30)25-14-13-23(32-25)19-28-16-8-15-27-28/h3-16,20H,17-19H2,1-2H3. The van der Waals surface area contributed by atoms with Crippen LogP contribution in [0.3, 0.4) is 0 Å². The van der Waals surface area contributed by atoms with Gasteiger partial charge in [0, 0.05) is 25.0 Å². The minimum atomic E-state index is -0.136. The van der Waals surface area contributed by atoms with E-state index in [1.807, 2.05) is 77.8 Å². The molecule has 2 aromatic heterocycles. The summed E-state index contributed by atoms with van der Waals surface area (Å²) in [7, 11) is 1.67. The topological polar surface area (TPSA) is 60.5 Å². The Morgan fingerprint density at radius 1 is 1.06 bits per heavy atom. The molecule has 1 atom stereocenters. The van der Waals surface area contributed by atoms with E-state index in [1.54, 1.807) is 24.1 Å². The highest BCUT2D eigenvalue weighted by molar-refractivity contribution is 5.91. The predicted octanol–water partition coefficient (Wildman–Crippen LogP) is 4.81. The van der Waals surface area contributed by atoms with Crippen molar-refractivity contribution in [3.8, 4) is 5.75 Å². The SMILES string of the molecule is COc1ccccc1CC(C)N(Cc1ccccc1)C(=O)c1ccc(Cn2cccn2)o1. The number of carbonyl (C=O) groups is 1. The number of rotatable bonds is 9. The molecule has 0 spiro atoms. The highest BCUT2D eigenvalue weighted by atomic mass is 16.5. The molecule has 0 radical (unpaired) electrons. The molecule has 0 aliphatic carbocycles. The summed E-state index contributed by atoms with van der Waals surface area (Å²) in [6, 6.07) is 23.3. The van der Waals surface area contributed by atoms with Gasteiger partial charge in [-0.15, -0.1) is 0 Å². The number of para-hydroxylation sites is 1. The first-order chi connectivity index (χ1) is 15.6. The molecule has 0 bridgehead atoms. The second-order valence-electron chi connectivity index (χ2n) is 7.75. The lowest BCUT2D eigenvalue weighted by Crippen LogP contribution is -2.39. The Labute approximate surface area is 188 Å². The molecule has 1 amide bonds. The van der Waals surface area contributed by atoms with Gasteiger partial charge in [0.25, 0.3) is 5.91 Å². The highest BCUT2D eigenvalue weighted by Crippen LogP contribution is 2.23. The first-order valence-corrected chi connectivity index (χ1v) is 10.7. The fourth-order valence-electron chi connectivity index (χ4n) is 3.78. The van der Waals surface area contributed by atoms with E-state index in [2.05, 4.69) is 12.0 Å². The van der Waals surface area contributed by atoms with E-state index >= 15 is 0 Å². The summed E-state index contributed by atoms with van der Waals surface area (Å²) in [5.74, 6) is 1.71. The molecule has 0 saturated carbocycles. The van der Waals surface area contributed by atoms with Gasteiger partial charge in [0.1, 0.15) is 11.5 Å². The number of aromatic nitrogens is 2. The van der Waals surface area contributed by atoms with Gasteiger partial charge in [0.2, 0.25) is 0 Å². The number of benzene rings is 2. The zero-order chi connectivity index (χ0) is 22.3. The van der Waals surface area contributed by atoms with Gasteiger partial charge in [-0.1, -0.05) is 48.5 Å². The summed E-state index contributed by atoms with van der Waals surface area (Å²) in [5, 5.41) is 4.20. The molecule has 4 aromatic rings. The fraction of sp³-hybridized carbons (Fsp3) is 0.231. The maximum Gasteiger partial charge on any atom is 0.290 e. The zero-order valence-corrected chi connectivity index (χ0v) is 18.3. The average molecular weight is 430 g/mol. The van der Waals surface area contributed by atoms with Gasteiger partial charge in [0.15, 0.2) is 5.76 Å². The third kappa shape index (κ3) is 5.09. The summed E-state index contributed by atoms with van der Waals surface area (Å²) in [6.07, 6.45) is 4.25. The molecule has 32 heavy (non-hydrogen) atoms. The normalized spacial score (nSPS) is 11.8. The monoisotopic (exact) mass is 429 g/mol. The van der Waals surface area contributed by atoms with Crippen molar-refractivity contribution in [2.45, 2.75) is 32.5 Å². The van der Waals surface area contributed by atoms with Crippen LogP contribution in [0, 0.1) is 0 Å². The van der Waals surface area contributed by atoms with Crippen molar-refractivity contribution in [1.29, 1.82) is 0 Å². The summed E-state index contributed by atoms with van der Waals surface area (Å²) in [5.41, 5.74) is 2.13. The number of hydrogen-bond donors (Lipinski definition) is 0. The Hall–Kier alpha value is -3.80. The maximum absolute atomic E-state index is 13.5. The van der Waals surface area contributed by atoms with Gasteiger partial charge in [0.05, 0.1) is 13.7 Å². The molecule has 4 rings (SSSR count). The molecule has 2 aromatic carbocycles. The van der Waals surface area contributed by atoms with Crippen LogP contribution in [0.25, 0.3) is 0 Å². The first kappa shape index (κ1) is 21.4. The molecule has 0 fully saturated rings. The number of furan rings is 1. The van der Waals surface area contributed by atoms with E-state index in [1.165, 1.54) is 0 Å². The van der Waals surface area contributed by atoms with E-state index in [-0.39, 0.29) is 11.9 Å². The van der Waals surface area contributed by atoms with Crippen LogP contribution in [-0.2, 0) is 19.5 Å². The van der Waals surface area contributed by atoms with Crippen LogP contribution in [0.15, 0.2) is 89.6 Å². The lowest BCUT2D eigenvalue weighted by atomic mass is 10.0. The third-order valence-electron chi connectivity index (χ3n) is 5.45. The largest absolute Gasteiger partial charge is 0.496 e. The summed E-state index contributed by atoms with van der Waals surface area (Å²) >= 11 is 0. The second kappa shape index (κ2) is 10.0. The molecular formula is C26H27N3O3. The number of ether oxygens (including phenoxy) is 1. The molecule has 164 valence electrons. The molecule has 0 saturated heterocycles. The van der Waals surface area contributed by atoms with Crippen molar-refractivity contribution >= 4 is 5.91 Å². The zero-order valence-electron chi connectivity index (χ0n) is 18.3. The summed E-state index contributed by atoms with van der Waals surface area (Å²) in [4.78, 5) is 15.4. The van der Waals surface area contributed by atoms with Gasteiger partial charge in [-0.3, -0.25) is 9.48 Å². The van der Waals surface area contributed by atoms with Gasteiger partial charge in [-0.2, -0.15) is 5.10 Å². The van der Waals surface area contributed by atoms with Crippen molar-refractivity contribution in [1.82, 2.24) is 14.7 Å². The minimum Gasteiger partial charge on any atom is -0.496 e. The third-order valence-corrected chi connectivity index (χ3v) is 5.45. The number of methoxy groups -OCH3 is 1. The molecule has 0 aliphatic rings. The Morgan fingerprint density at radius 3 is 2.59 bits per heavy atom. The van der Waals surface area contributed by atoms with Crippen LogP contribution in [0.1, 0.15) is 34.4 Å². The summed E-state index contributed by atoms with van der Waals surface area (Å²) < 4.78 is 13.2. The Balaban J connectivity index is 1.57. The van der Waals surface area contributed by atoms with Crippen LogP contribution in [0.5, 0.6) is 5.75 Å². The van der Waals surface area contributed by atoms with Gasteiger partial charge < -0.3 is 14.1 Å². The van der Waals surface area contributed by atoms with Gasteiger partial charge >= 0.3 is 0 Å². The number of amides is 1. The minimum absolute atomic E-state index is 0.0707. The van der Waals surface area contributed by atoms with E-state index < -0.39 is 0 Å². The van der Waals surface area contributed by atoms with Gasteiger partial charge in [-0.25, -0.2) is 0 Å². The van der Waals surface area contributed by atoms with Crippen molar-refractivity contribution < 1.29 is 13.9 Å². The van der Waals surface area contributed by atoms with Crippen LogP contribution >= 0.6 is 0 Å². The number of hydrogen-bond acceptors (Lipinski definition) is 4. The van der Waals surface area contributed by atoms with E-state index in [0.717, 1.165) is 16.9 Å². The molecule has 0 N–H and O–H groups in total. The average Bonchev–Trinajstić information content (AvgIpc) is 3.51. The quantitative estimate of drug-likeness (QED) is 0.383. The molecule has 6 nitrogen and oxygen atoms in total. The molecule has 1 unspecified atom stereocenters. The lowest BCUT2D eigenvalue weighted by Gasteiger charge is -2.29. The second-order valence-corrected chi connectivity index (χ2v) is 7.75. The Kier molecular flexibility index (Phi) is 6.70. The summed E-state index contributed by atoms with van der Waals surface area (Å²) in [6.45, 7) is 3.03. The molecule has 2 heterocycles.